The van der Waals surface area contributed by atoms with Crippen LogP contribution in [-0.4, -0.2) is 35.8 Å². The third-order valence-electron chi connectivity index (χ3n) is 3.88. The van der Waals surface area contributed by atoms with Gasteiger partial charge in [0.15, 0.2) is 12.0 Å². The number of likely N-dealkylation sites (N-methyl/N-ethyl adjacent to an activating group) is 1. The average molecular weight is 318 g/mol. The van der Waals surface area contributed by atoms with Crippen LogP contribution in [0, 0.1) is 0 Å². The Morgan fingerprint density at radius 3 is 2.61 bits per heavy atom. The van der Waals surface area contributed by atoms with Crippen LogP contribution >= 0.6 is 0 Å². The molecule has 0 N–H and O–H groups in total. The first-order valence-electron chi connectivity index (χ1n) is 7.98. The first-order valence-corrected chi connectivity index (χ1v) is 7.98. The number of likely N-dealkylation sites (tertiary alicyclic amines) is 1. The second-order valence-corrected chi connectivity index (χ2v) is 5.83. The van der Waals surface area contributed by atoms with E-state index in [0.717, 1.165) is 11.1 Å². The number of alkyl halides is 1. The molecule has 2 unspecified atom stereocenters. The number of ketones is 1. The van der Waals surface area contributed by atoms with Crippen molar-refractivity contribution in [2.75, 3.05) is 7.05 Å². The molecule has 0 bridgehead atoms. The lowest BCUT2D eigenvalue weighted by Gasteiger charge is -2.23. The van der Waals surface area contributed by atoms with Gasteiger partial charge in [0.1, 0.15) is 11.5 Å². The summed E-state index contributed by atoms with van der Waals surface area (Å²) < 4.78 is 14.5. The van der Waals surface area contributed by atoms with E-state index in [9.17, 15) is 9.18 Å². The number of Topliss-reactive ketones (excluding diaryl/α,β-unsaturated/α-hetero) is 1. The van der Waals surface area contributed by atoms with E-state index in [-0.39, 0.29) is 11.8 Å². The molecule has 1 saturated heterocycles. The molecule has 4 heteroatoms. The molecule has 0 radical (unpaired) electrons. The molecule has 0 aromatic carbocycles. The van der Waals surface area contributed by atoms with Crippen LogP contribution in [0.3, 0.4) is 0 Å². The van der Waals surface area contributed by atoms with Crippen molar-refractivity contribution in [1.29, 1.82) is 0 Å². The molecule has 1 fully saturated rings. The predicted molar refractivity (Wildman–Crippen MR) is 95.3 cm³/mol. The lowest BCUT2D eigenvalue weighted by atomic mass is 10.0. The standard InChI is InChI=1S/C19H27FN2O/c1-7-10-14(11-8-2)16-12-15(20)19(22(16)6)21-18(13(4)5)17(23)9-3/h7-8,10-11,15-16H,1,9,12H2,2-6H3/b11-8-,14-10+,21-19?. The highest BCUT2D eigenvalue weighted by Crippen LogP contribution is 2.29. The van der Waals surface area contributed by atoms with Crippen LogP contribution in [0.5, 0.6) is 0 Å². The predicted octanol–water partition coefficient (Wildman–Crippen LogP) is 4.39. The van der Waals surface area contributed by atoms with Crippen molar-refractivity contribution in [3.05, 3.63) is 47.7 Å². The lowest BCUT2D eigenvalue weighted by Crippen LogP contribution is -2.31. The van der Waals surface area contributed by atoms with Crippen LogP contribution in [0.2, 0.25) is 0 Å². The summed E-state index contributed by atoms with van der Waals surface area (Å²) >= 11 is 0. The number of rotatable bonds is 6. The van der Waals surface area contributed by atoms with Crippen molar-refractivity contribution in [2.24, 2.45) is 4.99 Å². The fourth-order valence-electron chi connectivity index (χ4n) is 2.69. The van der Waals surface area contributed by atoms with Crippen LogP contribution < -0.4 is 0 Å². The van der Waals surface area contributed by atoms with Crippen molar-refractivity contribution in [3.63, 3.8) is 0 Å². The number of carbonyl (C=O) groups excluding carboxylic acids is 1. The number of aliphatic imine (C=N–C) groups is 1. The quantitative estimate of drug-likeness (QED) is 0.537. The Labute approximate surface area is 139 Å². The van der Waals surface area contributed by atoms with Crippen LogP contribution in [-0.2, 0) is 4.79 Å². The Morgan fingerprint density at radius 2 is 2.13 bits per heavy atom. The highest BCUT2D eigenvalue weighted by Gasteiger charge is 2.37. The summed E-state index contributed by atoms with van der Waals surface area (Å²) in [5, 5.41) is 0. The Kier molecular flexibility index (Phi) is 7.14. The third-order valence-corrected chi connectivity index (χ3v) is 3.88. The van der Waals surface area contributed by atoms with Crippen molar-refractivity contribution >= 4 is 11.6 Å². The second kappa shape index (κ2) is 8.61. The van der Waals surface area contributed by atoms with E-state index in [1.807, 2.05) is 50.9 Å². The van der Waals surface area contributed by atoms with E-state index in [1.165, 1.54) is 0 Å². The zero-order chi connectivity index (χ0) is 17.6. The first-order chi connectivity index (χ1) is 10.9. The smallest absolute Gasteiger partial charge is 0.180 e. The number of hydrogen-bond donors (Lipinski definition) is 0. The molecule has 0 aromatic heterocycles. The van der Waals surface area contributed by atoms with Gasteiger partial charge in [-0.3, -0.25) is 4.79 Å². The number of nitrogens with zero attached hydrogens (tertiary/aromatic N) is 2. The number of halogens is 1. The summed E-state index contributed by atoms with van der Waals surface area (Å²) in [5.41, 5.74) is 2.17. The van der Waals surface area contributed by atoms with Crippen LogP contribution in [0.15, 0.2) is 52.7 Å². The molecule has 3 nitrogen and oxygen atoms in total. The van der Waals surface area contributed by atoms with E-state index in [0.29, 0.717) is 24.4 Å². The Hall–Kier alpha value is -1.97. The maximum atomic E-state index is 14.5. The van der Waals surface area contributed by atoms with E-state index in [1.54, 1.807) is 13.0 Å². The summed E-state index contributed by atoms with van der Waals surface area (Å²) in [6.45, 7) is 11.1. The molecule has 1 aliphatic rings. The normalized spacial score (nSPS) is 23.7. The van der Waals surface area contributed by atoms with Gasteiger partial charge in [-0.05, 0) is 31.9 Å². The molecular weight excluding hydrogens is 291 g/mol. The van der Waals surface area contributed by atoms with Gasteiger partial charge < -0.3 is 4.90 Å². The Bertz CT molecular complexity index is 580. The molecular formula is C19H27FN2O. The molecule has 0 saturated carbocycles. The molecule has 23 heavy (non-hydrogen) atoms. The third kappa shape index (κ3) is 4.50. The lowest BCUT2D eigenvalue weighted by molar-refractivity contribution is -0.115. The summed E-state index contributed by atoms with van der Waals surface area (Å²) in [6.07, 6.45) is 6.98. The second-order valence-electron chi connectivity index (χ2n) is 5.83. The number of hydrogen-bond acceptors (Lipinski definition) is 2. The largest absolute Gasteiger partial charge is 0.353 e. The molecule has 0 aromatic rings. The summed E-state index contributed by atoms with van der Waals surface area (Å²) in [7, 11) is 1.82. The minimum absolute atomic E-state index is 0.0585. The van der Waals surface area contributed by atoms with E-state index < -0.39 is 6.17 Å². The van der Waals surface area contributed by atoms with Gasteiger partial charge in [0.25, 0.3) is 0 Å². The Balaban J connectivity index is 3.23. The number of allylic oxidation sites excluding steroid dienone is 5. The summed E-state index contributed by atoms with van der Waals surface area (Å²) in [5.74, 6) is 0.268. The molecule has 0 amide bonds. The van der Waals surface area contributed by atoms with Gasteiger partial charge in [0, 0.05) is 19.9 Å². The van der Waals surface area contributed by atoms with Gasteiger partial charge in [-0.1, -0.05) is 37.8 Å². The van der Waals surface area contributed by atoms with Gasteiger partial charge in [-0.2, -0.15) is 0 Å². The summed E-state index contributed by atoms with van der Waals surface area (Å²) in [4.78, 5) is 18.2. The SMILES string of the molecule is C=C/C=C(\C=C/C)C1CC(F)C(=NC(C(=O)CC)=C(C)C)N1C. The van der Waals surface area contributed by atoms with Gasteiger partial charge in [-0.25, -0.2) is 9.38 Å². The number of amidine groups is 1. The van der Waals surface area contributed by atoms with Crippen molar-refractivity contribution in [3.8, 4) is 0 Å². The molecule has 126 valence electrons. The van der Waals surface area contributed by atoms with E-state index in [4.69, 9.17) is 0 Å². The van der Waals surface area contributed by atoms with Crippen molar-refractivity contribution in [1.82, 2.24) is 4.90 Å². The first kappa shape index (κ1) is 19.1. The van der Waals surface area contributed by atoms with Gasteiger partial charge in [0.2, 0.25) is 0 Å². The van der Waals surface area contributed by atoms with Crippen LogP contribution in [0.25, 0.3) is 0 Å². The van der Waals surface area contributed by atoms with E-state index >= 15 is 0 Å². The van der Waals surface area contributed by atoms with Crippen molar-refractivity contribution in [2.45, 2.75) is 52.8 Å². The van der Waals surface area contributed by atoms with Crippen LogP contribution in [0.4, 0.5) is 4.39 Å². The topological polar surface area (TPSA) is 32.7 Å². The van der Waals surface area contributed by atoms with Crippen LogP contribution in [0.1, 0.15) is 40.5 Å². The van der Waals surface area contributed by atoms with Crippen molar-refractivity contribution < 1.29 is 9.18 Å². The molecule has 1 heterocycles. The fraction of sp³-hybridized carbons (Fsp3) is 0.474. The monoisotopic (exact) mass is 318 g/mol. The Morgan fingerprint density at radius 1 is 1.48 bits per heavy atom. The molecule has 2 atom stereocenters. The zero-order valence-electron chi connectivity index (χ0n) is 14.8. The highest BCUT2D eigenvalue weighted by molar-refractivity contribution is 6.00. The molecule has 1 aliphatic heterocycles. The van der Waals surface area contributed by atoms with Gasteiger partial charge in [-0.15, -0.1) is 0 Å². The maximum Gasteiger partial charge on any atom is 0.180 e. The van der Waals surface area contributed by atoms with Gasteiger partial charge >= 0.3 is 0 Å². The summed E-state index contributed by atoms with van der Waals surface area (Å²) in [6, 6.07) is -0.104. The minimum atomic E-state index is -1.18. The fourth-order valence-corrected chi connectivity index (χ4v) is 2.69. The minimum Gasteiger partial charge on any atom is -0.353 e. The zero-order valence-corrected chi connectivity index (χ0v) is 14.8. The molecule has 0 aliphatic carbocycles. The van der Waals surface area contributed by atoms with Gasteiger partial charge in [0.05, 0.1) is 6.04 Å². The maximum absolute atomic E-state index is 14.5. The molecule has 1 rings (SSSR count). The number of carbonyl (C=O) groups is 1. The average Bonchev–Trinajstić information content (AvgIpc) is 2.78. The molecule has 0 spiro atoms. The highest BCUT2D eigenvalue weighted by atomic mass is 19.1. The van der Waals surface area contributed by atoms with E-state index in [2.05, 4.69) is 11.6 Å².